The third-order valence-corrected chi connectivity index (χ3v) is 17.7. The molecule has 5 aliphatic carbocycles. The summed E-state index contributed by atoms with van der Waals surface area (Å²) in [4.78, 5) is 13.0. The van der Waals surface area contributed by atoms with Gasteiger partial charge in [0, 0.05) is 0 Å². The normalized spacial score (nSPS) is 54.7. The molecule has 0 aromatic carbocycles. The Morgan fingerprint density at radius 2 is 1.33 bits per heavy atom. The fourth-order valence-corrected chi connectivity index (χ4v) is 14.6. The number of fused-ring (bicyclic) bond motifs is 7. The largest absolute Gasteiger partial charge is 0.481 e. The maximum atomic E-state index is 13.0. The van der Waals surface area contributed by atoms with Crippen molar-refractivity contribution < 1.29 is 64.6 Å². The average molecular weight is 781 g/mol. The zero-order valence-electron chi connectivity index (χ0n) is 33.5. The molecule has 2 aliphatic heterocycles. The third kappa shape index (κ3) is 6.06. The number of aliphatic carboxylic acids is 1. The minimum atomic E-state index is -1.74. The van der Waals surface area contributed by atoms with Crippen LogP contribution in [0.1, 0.15) is 106 Å². The molecule has 0 aromatic heterocycles. The summed E-state index contributed by atoms with van der Waals surface area (Å²) in [6.07, 6.45) is -6.30. The van der Waals surface area contributed by atoms with Gasteiger partial charge >= 0.3 is 5.97 Å². The second kappa shape index (κ2) is 14.5. The Kier molecular flexibility index (Phi) is 11.0. The molecule has 2 saturated heterocycles. The van der Waals surface area contributed by atoms with E-state index in [0.29, 0.717) is 18.3 Å². The van der Waals surface area contributed by atoms with E-state index in [0.717, 1.165) is 63.4 Å². The molecule has 5 saturated carbocycles. The Labute approximate surface area is 325 Å². The van der Waals surface area contributed by atoms with Gasteiger partial charge in [-0.05, 0) is 122 Å². The molecule has 7 rings (SSSR count). The van der Waals surface area contributed by atoms with Crippen molar-refractivity contribution in [1.82, 2.24) is 0 Å². The van der Waals surface area contributed by atoms with E-state index in [-0.39, 0.29) is 45.5 Å². The van der Waals surface area contributed by atoms with Crippen molar-refractivity contribution in [1.29, 1.82) is 0 Å². The lowest BCUT2D eigenvalue weighted by molar-refractivity contribution is -0.369. The maximum absolute atomic E-state index is 13.0. The van der Waals surface area contributed by atoms with E-state index in [1.54, 1.807) is 0 Å². The molecular weight excluding hydrogens is 712 g/mol. The molecule has 0 unspecified atom stereocenters. The summed E-state index contributed by atoms with van der Waals surface area (Å²) >= 11 is 0. The maximum Gasteiger partial charge on any atom is 0.309 e. The van der Waals surface area contributed by atoms with Crippen LogP contribution in [-0.4, -0.2) is 128 Å². The fourth-order valence-electron chi connectivity index (χ4n) is 14.6. The minimum Gasteiger partial charge on any atom is -0.481 e. The SMILES string of the molecule is C=C(C)[C@@H]1CC[C@]2(C(=O)O)CC[C@]3(C)[C@H](CC[C@@H]4[C@@]5(C)CC[C@H](O[C@@H]6O[C@H](CO)[C@@H](O[C@H]7O[C@H](CO)[C@@H](O)[C@H](O)[C@H]7O)[C@H](O)[C@H]6O)C(C)(C)[C@@H]5CC[C@]43C)[C@@H]12. The summed E-state index contributed by atoms with van der Waals surface area (Å²) < 4.78 is 23.9. The number of aliphatic hydroxyl groups excluding tert-OH is 7. The van der Waals surface area contributed by atoms with Gasteiger partial charge in [0.25, 0.3) is 0 Å². The van der Waals surface area contributed by atoms with Gasteiger partial charge in [0.15, 0.2) is 12.6 Å². The molecule has 55 heavy (non-hydrogen) atoms. The van der Waals surface area contributed by atoms with E-state index in [4.69, 9.17) is 18.9 Å². The van der Waals surface area contributed by atoms with Crippen molar-refractivity contribution in [2.75, 3.05) is 13.2 Å². The van der Waals surface area contributed by atoms with Crippen molar-refractivity contribution in [2.45, 2.75) is 173 Å². The molecule has 0 bridgehead atoms. The van der Waals surface area contributed by atoms with Gasteiger partial charge in [-0.15, -0.1) is 0 Å². The quantitative estimate of drug-likeness (QED) is 0.132. The van der Waals surface area contributed by atoms with Crippen molar-refractivity contribution in [3.05, 3.63) is 12.2 Å². The van der Waals surface area contributed by atoms with Gasteiger partial charge in [-0.2, -0.15) is 0 Å². The zero-order chi connectivity index (χ0) is 40.2. The molecule has 0 spiro atoms. The molecule has 7 fully saturated rings. The number of carbonyl (C=O) groups is 1. The highest BCUT2D eigenvalue weighted by molar-refractivity contribution is 5.76. The van der Waals surface area contributed by atoms with E-state index < -0.39 is 86.0 Å². The van der Waals surface area contributed by atoms with E-state index in [1.807, 2.05) is 0 Å². The van der Waals surface area contributed by atoms with E-state index in [1.165, 1.54) is 0 Å². The predicted molar refractivity (Wildman–Crippen MR) is 198 cm³/mol. The number of aliphatic hydroxyl groups is 7. The number of hydrogen-bond acceptors (Lipinski definition) is 12. The summed E-state index contributed by atoms with van der Waals surface area (Å²) in [5.41, 5.74) is 0.165. The van der Waals surface area contributed by atoms with Crippen LogP contribution in [0.2, 0.25) is 0 Å². The first-order valence-electron chi connectivity index (χ1n) is 20.9. The van der Waals surface area contributed by atoms with Crippen LogP contribution in [0.4, 0.5) is 0 Å². The molecule has 8 N–H and O–H groups in total. The predicted octanol–water partition coefficient (Wildman–Crippen LogP) is 2.74. The number of rotatable bonds is 8. The lowest BCUT2D eigenvalue weighted by atomic mass is 9.32. The van der Waals surface area contributed by atoms with Crippen LogP contribution in [0.3, 0.4) is 0 Å². The van der Waals surface area contributed by atoms with Gasteiger partial charge in [-0.3, -0.25) is 4.79 Å². The van der Waals surface area contributed by atoms with Crippen LogP contribution in [0.5, 0.6) is 0 Å². The Balaban J connectivity index is 1.07. The summed E-state index contributed by atoms with van der Waals surface area (Å²) in [7, 11) is 0. The van der Waals surface area contributed by atoms with Crippen molar-refractivity contribution >= 4 is 5.97 Å². The summed E-state index contributed by atoms with van der Waals surface area (Å²) in [6.45, 7) is 17.1. The first-order valence-corrected chi connectivity index (χ1v) is 20.9. The molecule has 13 heteroatoms. The van der Waals surface area contributed by atoms with Crippen LogP contribution in [-0.2, 0) is 23.7 Å². The molecule has 0 amide bonds. The number of allylic oxidation sites excluding steroid dienone is 1. The van der Waals surface area contributed by atoms with Crippen molar-refractivity contribution in [3.63, 3.8) is 0 Å². The first-order chi connectivity index (χ1) is 25.7. The standard InChI is InChI=1S/C42H68O13/c1-20(2)21-10-15-42(37(50)51)17-16-40(6)22(28(21)42)8-9-26-39(5)13-12-27(38(3,4)25(39)11-14-41(26,40)7)54-35-33(49)31(47)34(24(19-44)53-35)55-36-32(48)30(46)29(45)23(18-43)52-36/h21-36,43-49H,1,8-19H2,2-7H3,(H,50,51)/t21-,22+,23+,24+,25-,26+,27-,28+,29+,30-,31+,32+,33+,34+,35-,36+,39-,40+,41+,42-/m0/s1. The van der Waals surface area contributed by atoms with Crippen LogP contribution in [0, 0.1) is 56.7 Å². The number of carboxylic acids is 1. The fraction of sp³-hybridized carbons (Fsp3) is 0.929. The molecule has 0 aromatic rings. The van der Waals surface area contributed by atoms with Gasteiger partial charge in [0.05, 0.1) is 24.7 Å². The van der Waals surface area contributed by atoms with E-state index in [9.17, 15) is 45.6 Å². The molecular formula is C42H68O13. The highest BCUT2D eigenvalue weighted by Gasteiger charge is 2.72. The van der Waals surface area contributed by atoms with Gasteiger partial charge in [0.2, 0.25) is 0 Å². The number of carboxylic acid groups (broad SMARTS) is 1. The molecule has 314 valence electrons. The summed E-state index contributed by atoms with van der Waals surface area (Å²) in [6, 6.07) is 0. The average Bonchev–Trinajstić information content (AvgIpc) is 3.54. The Hall–Kier alpha value is -1.23. The molecule has 13 nitrogen and oxygen atoms in total. The highest BCUT2D eigenvalue weighted by atomic mass is 16.7. The van der Waals surface area contributed by atoms with Crippen LogP contribution in [0.15, 0.2) is 12.2 Å². The van der Waals surface area contributed by atoms with E-state index >= 15 is 0 Å². The van der Waals surface area contributed by atoms with Gasteiger partial charge in [0.1, 0.15) is 48.8 Å². The zero-order valence-corrected chi connectivity index (χ0v) is 33.5. The Morgan fingerprint density at radius 1 is 0.691 bits per heavy atom. The Morgan fingerprint density at radius 3 is 1.96 bits per heavy atom. The van der Waals surface area contributed by atoms with Gasteiger partial charge < -0.3 is 59.8 Å². The number of hydrogen-bond donors (Lipinski definition) is 8. The Bertz CT molecular complexity index is 1450. The van der Waals surface area contributed by atoms with Crippen LogP contribution in [0.25, 0.3) is 0 Å². The molecule has 2 heterocycles. The topological polar surface area (TPSA) is 216 Å². The molecule has 0 radical (unpaired) electrons. The van der Waals surface area contributed by atoms with Crippen molar-refractivity contribution in [2.24, 2.45) is 56.7 Å². The first kappa shape index (κ1) is 41.9. The highest BCUT2D eigenvalue weighted by Crippen LogP contribution is 2.77. The lowest BCUT2D eigenvalue weighted by Crippen LogP contribution is -2.68. The van der Waals surface area contributed by atoms with E-state index in [2.05, 4.69) is 48.1 Å². The van der Waals surface area contributed by atoms with Crippen LogP contribution < -0.4 is 0 Å². The molecule has 7 aliphatic rings. The summed E-state index contributed by atoms with van der Waals surface area (Å²) in [5, 5.41) is 84.2. The molecule has 20 atom stereocenters. The van der Waals surface area contributed by atoms with Crippen molar-refractivity contribution in [3.8, 4) is 0 Å². The van der Waals surface area contributed by atoms with Gasteiger partial charge in [-0.25, -0.2) is 0 Å². The second-order valence-electron chi connectivity index (χ2n) is 20.1. The third-order valence-electron chi connectivity index (χ3n) is 17.7. The lowest BCUT2D eigenvalue weighted by Gasteiger charge is -2.73. The van der Waals surface area contributed by atoms with Gasteiger partial charge in [-0.1, -0.05) is 46.8 Å². The smallest absolute Gasteiger partial charge is 0.309 e. The summed E-state index contributed by atoms with van der Waals surface area (Å²) in [5.74, 6) is 0.810. The minimum absolute atomic E-state index is 0.00136. The monoisotopic (exact) mass is 780 g/mol. The second-order valence-corrected chi connectivity index (χ2v) is 20.1. The van der Waals surface area contributed by atoms with Crippen LogP contribution >= 0.6 is 0 Å². The number of ether oxygens (including phenoxy) is 4.